The Morgan fingerprint density at radius 3 is 3.11 bits per heavy atom. The van der Waals surface area contributed by atoms with Crippen molar-refractivity contribution in [1.29, 1.82) is 0 Å². The molecule has 2 aromatic heterocycles. The molecule has 0 amide bonds. The number of rotatable bonds is 2. The number of nitrogens with one attached hydrogen (secondary N) is 1. The third-order valence-corrected chi connectivity index (χ3v) is 3.37. The van der Waals surface area contributed by atoms with Crippen LogP contribution in [0.1, 0.15) is 31.7 Å². The lowest BCUT2D eigenvalue weighted by molar-refractivity contribution is 0.239. The van der Waals surface area contributed by atoms with Crippen LogP contribution in [0.2, 0.25) is 0 Å². The van der Waals surface area contributed by atoms with E-state index in [2.05, 4.69) is 27.4 Å². The molecule has 0 aromatic carbocycles. The van der Waals surface area contributed by atoms with Crippen molar-refractivity contribution in [3.05, 3.63) is 30.3 Å². The predicted molar refractivity (Wildman–Crippen MR) is 66.7 cm³/mol. The predicted octanol–water partition coefficient (Wildman–Crippen LogP) is 2.19. The standard InChI is InChI=1S/C13H16N4O/c1-9-5-4-8-15-11(9)13-16-12(17-18-13)10-6-2-3-7-14-10/h2-3,6-7,9,11,15H,4-5,8H2,1H3. The second-order valence-electron chi connectivity index (χ2n) is 4.72. The van der Waals surface area contributed by atoms with Crippen LogP contribution in [-0.2, 0) is 0 Å². The number of aromatic nitrogens is 3. The number of pyridine rings is 1. The zero-order valence-corrected chi connectivity index (χ0v) is 10.3. The van der Waals surface area contributed by atoms with Gasteiger partial charge in [-0.3, -0.25) is 4.98 Å². The maximum Gasteiger partial charge on any atom is 0.244 e. The van der Waals surface area contributed by atoms with Crippen molar-refractivity contribution in [3.63, 3.8) is 0 Å². The first-order valence-corrected chi connectivity index (χ1v) is 6.33. The van der Waals surface area contributed by atoms with Gasteiger partial charge in [-0.1, -0.05) is 18.1 Å². The monoisotopic (exact) mass is 244 g/mol. The van der Waals surface area contributed by atoms with E-state index in [4.69, 9.17) is 4.52 Å². The van der Waals surface area contributed by atoms with Crippen LogP contribution in [0, 0.1) is 5.92 Å². The highest BCUT2D eigenvalue weighted by molar-refractivity contribution is 5.47. The van der Waals surface area contributed by atoms with E-state index in [1.807, 2.05) is 18.2 Å². The number of nitrogens with zero attached hydrogens (tertiary/aromatic N) is 3. The van der Waals surface area contributed by atoms with Crippen molar-refractivity contribution >= 4 is 0 Å². The van der Waals surface area contributed by atoms with E-state index < -0.39 is 0 Å². The van der Waals surface area contributed by atoms with Crippen molar-refractivity contribution in [2.45, 2.75) is 25.8 Å². The van der Waals surface area contributed by atoms with Crippen LogP contribution < -0.4 is 5.32 Å². The molecule has 0 saturated carbocycles. The van der Waals surface area contributed by atoms with Crippen LogP contribution in [0.5, 0.6) is 0 Å². The molecule has 0 aliphatic carbocycles. The second kappa shape index (κ2) is 4.86. The van der Waals surface area contributed by atoms with Crippen LogP contribution in [0.15, 0.2) is 28.9 Å². The van der Waals surface area contributed by atoms with Gasteiger partial charge in [0.05, 0.1) is 6.04 Å². The van der Waals surface area contributed by atoms with E-state index in [1.165, 1.54) is 12.8 Å². The number of piperidine rings is 1. The zero-order chi connectivity index (χ0) is 12.4. The molecule has 0 spiro atoms. The molecular weight excluding hydrogens is 228 g/mol. The maximum atomic E-state index is 5.37. The van der Waals surface area contributed by atoms with Gasteiger partial charge in [-0.2, -0.15) is 4.98 Å². The van der Waals surface area contributed by atoms with Crippen molar-refractivity contribution in [2.24, 2.45) is 5.92 Å². The Bertz CT molecular complexity index is 511. The Morgan fingerprint density at radius 1 is 1.39 bits per heavy atom. The molecule has 5 nitrogen and oxygen atoms in total. The van der Waals surface area contributed by atoms with E-state index in [-0.39, 0.29) is 6.04 Å². The second-order valence-corrected chi connectivity index (χ2v) is 4.72. The lowest BCUT2D eigenvalue weighted by Gasteiger charge is -2.26. The molecule has 1 saturated heterocycles. The van der Waals surface area contributed by atoms with Gasteiger partial charge in [-0.15, -0.1) is 0 Å². The maximum absolute atomic E-state index is 5.37. The Morgan fingerprint density at radius 2 is 2.33 bits per heavy atom. The molecule has 2 aromatic rings. The van der Waals surface area contributed by atoms with Crippen molar-refractivity contribution in [3.8, 4) is 11.5 Å². The topological polar surface area (TPSA) is 63.8 Å². The van der Waals surface area contributed by atoms with Crippen molar-refractivity contribution in [2.75, 3.05) is 6.54 Å². The quantitative estimate of drug-likeness (QED) is 0.877. The minimum Gasteiger partial charge on any atom is -0.337 e. The zero-order valence-electron chi connectivity index (χ0n) is 10.3. The summed E-state index contributed by atoms with van der Waals surface area (Å²) in [5.74, 6) is 1.75. The Balaban J connectivity index is 1.85. The highest BCUT2D eigenvalue weighted by Crippen LogP contribution is 2.28. The lowest BCUT2D eigenvalue weighted by Crippen LogP contribution is -2.33. The molecule has 0 radical (unpaired) electrons. The van der Waals surface area contributed by atoms with Gasteiger partial charge in [-0.25, -0.2) is 0 Å². The molecule has 5 heteroatoms. The van der Waals surface area contributed by atoms with Gasteiger partial charge in [0.2, 0.25) is 11.7 Å². The van der Waals surface area contributed by atoms with Crippen molar-refractivity contribution < 1.29 is 4.52 Å². The lowest BCUT2D eigenvalue weighted by atomic mass is 9.93. The third kappa shape index (κ3) is 2.13. The summed E-state index contributed by atoms with van der Waals surface area (Å²) < 4.78 is 5.37. The molecule has 18 heavy (non-hydrogen) atoms. The van der Waals surface area contributed by atoms with Crippen LogP contribution in [0.4, 0.5) is 0 Å². The molecule has 3 rings (SSSR count). The molecule has 1 fully saturated rings. The minimum absolute atomic E-state index is 0.170. The van der Waals surface area contributed by atoms with Crippen LogP contribution in [0.25, 0.3) is 11.5 Å². The fourth-order valence-corrected chi connectivity index (χ4v) is 2.34. The fourth-order valence-electron chi connectivity index (χ4n) is 2.34. The molecule has 2 unspecified atom stereocenters. The van der Waals surface area contributed by atoms with Gasteiger partial charge < -0.3 is 9.84 Å². The van der Waals surface area contributed by atoms with Gasteiger partial charge in [0.15, 0.2) is 0 Å². The normalized spacial score (nSPS) is 24.1. The third-order valence-electron chi connectivity index (χ3n) is 3.37. The van der Waals surface area contributed by atoms with E-state index in [1.54, 1.807) is 6.20 Å². The summed E-state index contributed by atoms with van der Waals surface area (Å²) in [6.07, 6.45) is 4.13. The molecule has 94 valence electrons. The summed E-state index contributed by atoms with van der Waals surface area (Å²) in [5, 5.41) is 7.44. The van der Waals surface area contributed by atoms with Crippen LogP contribution >= 0.6 is 0 Å². The van der Waals surface area contributed by atoms with E-state index in [0.717, 1.165) is 12.2 Å². The van der Waals surface area contributed by atoms with Crippen LogP contribution in [0.3, 0.4) is 0 Å². The van der Waals surface area contributed by atoms with Gasteiger partial charge in [0, 0.05) is 6.20 Å². The highest BCUT2D eigenvalue weighted by Gasteiger charge is 2.27. The minimum atomic E-state index is 0.170. The molecule has 2 atom stereocenters. The highest BCUT2D eigenvalue weighted by atomic mass is 16.5. The molecule has 1 aliphatic heterocycles. The molecule has 1 aliphatic rings. The first-order valence-electron chi connectivity index (χ1n) is 6.33. The summed E-state index contributed by atoms with van der Waals surface area (Å²) in [5.41, 5.74) is 0.746. The van der Waals surface area contributed by atoms with Gasteiger partial charge >= 0.3 is 0 Å². The molecular formula is C13H16N4O. The average Bonchev–Trinajstić information content (AvgIpc) is 2.90. The average molecular weight is 244 g/mol. The van der Waals surface area contributed by atoms with Gasteiger partial charge in [0.1, 0.15) is 5.69 Å². The van der Waals surface area contributed by atoms with E-state index in [0.29, 0.717) is 17.6 Å². The fraction of sp³-hybridized carbons (Fsp3) is 0.462. The smallest absolute Gasteiger partial charge is 0.244 e. The van der Waals surface area contributed by atoms with Crippen LogP contribution in [-0.4, -0.2) is 21.7 Å². The van der Waals surface area contributed by atoms with Crippen molar-refractivity contribution in [1.82, 2.24) is 20.4 Å². The summed E-state index contributed by atoms with van der Waals surface area (Å²) >= 11 is 0. The van der Waals surface area contributed by atoms with E-state index in [9.17, 15) is 0 Å². The molecule has 0 bridgehead atoms. The molecule has 1 N–H and O–H groups in total. The largest absolute Gasteiger partial charge is 0.337 e. The summed E-state index contributed by atoms with van der Waals surface area (Å²) in [7, 11) is 0. The Hall–Kier alpha value is -1.75. The molecule has 3 heterocycles. The SMILES string of the molecule is CC1CCCNC1c1nc(-c2ccccn2)no1. The number of hydrogen-bond acceptors (Lipinski definition) is 5. The Labute approximate surface area is 106 Å². The Kier molecular flexibility index (Phi) is 3.06. The first kappa shape index (κ1) is 11.3. The summed E-state index contributed by atoms with van der Waals surface area (Å²) in [6.45, 7) is 3.22. The summed E-state index contributed by atoms with van der Waals surface area (Å²) in [6, 6.07) is 5.84. The first-order chi connectivity index (χ1) is 8.84. The van der Waals surface area contributed by atoms with Gasteiger partial charge in [0.25, 0.3) is 0 Å². The van der Waals surface area contributed by atoms with Gasteiger partial charge in [-0.05, 0) is 37.4 Å². The summed E-state index contributed by atoms with van der Waals surface area (Å²) in [4.78, 5) is 8.67. The number of hydrogen-bond donors (Lipinski definition) is 1. The van der Waals surface area contributed by atoms with E-state index >= 15 is 0 Å².